The highest BCUT2D eigenvalue weighted by molar-refractivity contribution is 14.0. The van der Waals surface area contributed by atoms with E-state index in [-0.39, 0.29) is 24.0 Å². The van der Waals surface area contributed by atoms with Gasteiger partial charge >= 0.3 is 0 Å². The molecule has 4 nitrogen and oxygen atoms in total. The lowest BCUT2D eigenvalue weighted by molar-refractivity contribution is 0.402. The fraction of sp³-hybridized carbons (Fsp3) is 0.500. The van der Waals surface area contributed by atoms with Gasteiger partial charge in [-0.05, 0) is 31.6 Å². The van der Waals surface area contributed by atoms with Crippen LogP contribution in [0, 0.1) is 0 Å². The Balaban J connectivity index is 0.00000324. The minimum Gasteiger partial charge on any atom is -0.370 e. The quantitative estimate of drug-likeness (QED) is 0.455. The summed E-state index contributed by atoms with van der Waals surface area (Å²) in [5, 5.41) is 3.06. The van der Waals surface area contributed by atoms with Crippen molar-refractivity contribution in [2.45, 2.75) is 26.4 Å². The summed E-state index contributed by atoms with van der Waals surface area (Å²) >= 11 is 0. The molecule has 0 fully saturated rings. The molecule has 5 heteroatoms. The minimum atomic E-state index is 0. The molecule has 0 saturated heterocycles. The molecule has 1 aromatic carbocycles. The summed E-state index contributed by atoms with van der Waals surface area (Å²) in [7, 11) is 4.14. The average Bonchev–Trinajstić information content (AvgIpc) is 2.35. The van der Waals surface area contributed by atoms with E-state index in [0.717, 1.165) is 19.5 Å². The molecule has 0 radical (unpaired) electrons. The van der Waals surface area contributed by atoms with E-state index in [4.69, 9.17) is 5.73 Å². The monoisotopic (exact) mass is 376 g/mol. The van der Waals surface area contributed by atoms with Crippen LogP contribution in [-0.4, -0.2) is 31.5 Å². The number of hydrogen-bond donors (Lipinski definition) is 2. The zero-order valence-corrected chi connectivity index (χ0v) is 14.3. The molecular weight excluding hydrogens is 351 g/mol. The first kappa shape index (κ1) is 18.2. The number of aliphatic imine (C=N–C) groups is 1. The second-order valence-electron chi connectivity index (χ2n) is 4.68. The van der Waals surface area contributed by atoms with Gasteiger partial charge < -0.3 is 16.0 Å². The summed E-state index contributed by atoms with van der Waals surface area (Å²) in [4.78, 5) is 6.45. The molecule has 0 aromatic heterocycles. The third kappa shape index (κ3) is 8.05. The number of nitrogens with one attached hydrogen (secondary N) is 1. The van der Waals surface area contributed by atoms with Crippen LogP contribution in [0.1, 0.15) is 24.5 Å². The van der Waals surface area contributed by atoms with Crippen LogP contribution in [0.15, 0.2) is 29.3 Å². The number of benzene rings is 1. The normalized spacial score (nSPS) is 11.3. The van der Waals surface area contributed by atoms with Gasteiger partial charge in [0, 0.05) is 13.1 Å². The van der Waals surface area contributed by atoms with E-state index in [1.54, 1.807) is 0 Å². The zero-order valence-electron chi connectivity index (χ0n) is 12.0. The van der Waals surface area contributed by atoms with Crippen LogP contribution in [0.25, 0.3) is 0 Å². The Morgan fingerprint density at radius 2 is 1.79 bits per heavy atom. The minimum absolute atomic E-state index is 0. The predicted octanol–water partition coefficient (Wildman–Crippen LogP) is 2.18. The highest BCUT2D eigenvalue weighted by Crippen LogP contribution is 2.07. The molecule has 19 heavy (non-hydrogen) atoms. The molecule has 1 rings (SSSR count). The second-order valence-corrected chi connectivity index (χ2v) is 4.68. The van der Waals surface area contributed by atoms with Gasteiger partial charge in [0.05, 0.1) is 6.54 Å². The molecule has 0 spiro atoms. The van der Waals surface area contributed by atoms with Crippen LogP contribution in [0.5, 0.6) is 0 Å². The van der Waals surface area contributed by atoms with Crippen molar-refractivity contribution in [2.75, 3.05) is 20.6 Å². The molecule has 0 amide bonds. The van der Waals surface area contributed by atoms with E-state index in [1.807, 2.05) is 0 Å². The molecule has 3 N–H and O–H groups in total. The standard InChI is InChI=1S/C14H24N4.HI/c1-4-9-16-14(15)17-10-12-5-7-13(8-6-12)11-18(2)3;/h5-8H,4,9-11H2,1-3H3,(H3,15,16,17);1H. The van der Waals surface area contributed by atoms with Gasteiger partial charge in [-0.15, -0.1) is 24.0 Å². The summed E-state index contributed by atoms with van der Waals surface area (Å²) in [6, 6.07) is 8.49. The SMILES string of the molecule is CCCNC(N)=NCc1ccc(CN(C)C)cc1.I. The number of nitrogens with zero attached hydrogens (tertiary/aromatic N) is 2. The Hall–Kier alpha value is -0.820. The van der Waals surface area contributed by atoms with Gasteiger partial charge in [-0.1, -0.05) is 31.2 Å². The van der Waals surface area contributed by atoms with Crippen LogP contribution < -0.4 is 11.1 Å². The number of hydrogen-bond acceptors (Lipinski definition) is 2. The number of rotatable bonds is 6. The molecule has 0 aliphatic rings. The van der Waals surface area contributed by atoms with Crippen molar-refractivity contribution < 1.29 is 0 Å². The first-order chi connectivity index (χ1) is 8.61. The van der Waals surface area contributed by atoms with Crippen LogP contribution in [-0.2, 0) is 13.1 Å². The fourth-order valence-corrected chi connectivity index (χ4v) is 1.60. The first-order valence-corrected chi connectivity index (χ1v) is 6.38. The van der Waals surface area contributed by atoms with Gasteiger partial charge in [0.15, 0.2) is 5.96 Å². The second kappa shape index (κ2) is 10.0. The van der Waals surface area contributed by atoms with Crippen molar-refractivity contribution in [3.05, 3.63) is 35.4 Å². The summed E-state index contributed by atoms with van der Waals surface area (Å²) < 4.78 is 0. The molecule has 1 aromatic rings. The Kier molecular flexibility index (Phi) is 9.59. The Morgan fingerprint density at radius 3 is 2.32 bits per heavy atom. The Morgan fingerprint density at radius 1 is 1.21 bits per heavy atom. The lowest BCUT2D eigenvalue weighted by atomic mass is 10.1. The molecule has 108 valence electrons. The third-order valence-electron chi connectivity index (χ3n) is 2.51. The smallest absolute Gasteiger partial charge is 0.188 e. The maximum absolute atomic E-state index is 5.74. The van der Waals surface area contributed by atoms with Gasteiger partial charge in [0.1, 0.15) is 0 Å². The maximum Gasteiger partial charge on any atom is 0.188 e. The van der Waals surface area contributed by atoms with Gasteiger partial charge in [0.25, 0.3) is 0 Å². The van der Waals surface area contributed by atoms with Crippen LogP contribution in [0.2, 0.25) is 0 Å². The Bertz CT molecular complexity index is 374. The van der Waals surface area contributed by atoms with Crippen molar-refractivity contribution in [1.29, 1.82) is 0 Å². The summed E-state index contributed by atoms with van der Waals surface area (Å²) in [5.74, 6) is 0.522. The van der Waals surface area contributed by atoms with Crippen molar-refractivity contribution in [3.63, 3.8) is 0 Å². The van der Waals surface area contributed by atoms with Crippen molar-refractivity contribution >= 4 is 29.9 Å². The highest BCUT2D eigenvalue weighted by atomic mass is 127. The van der Waals surface area contributed by atoms with Crippen LogP contribution >= 0.6 is 24.0 Å². The molecule has 0 aliphatic carbocycles. The Labute approximate surface area is 133 Å². The topological polar surface area (TPSA) is 53.6 Å². The van der Waals surface area contributed by atoms with E-state index in [0.29, 0.717) is 12.5 Å². The number of nitrogens with two attached hydrogens (primary N) is 1. The van der Waals surface area contributed by atoms with E-state index < -0.39 is 0 Å². The average molecular weight is 376 g/mol. The third-order valence-corrected chi connectivity index (χ3v) is 2.51. The molecule has 0 bridgehead atoms. The van der Waals surface area contributed by atoms with E-state index in [9.17, 15) is 0 Å². The van der Waals surface area contributed by atoms with Crippen molar-refractivity contribution in [2.24, 2.45) is 10.7 Å². The summed E-state index contributed by atoms with van der Waals surface area (Å²) in [5.41, 5.74) is 8.23. The van der Waals surface area contributed by atoms with E-state index in [1.165, 1.54) is 11.1 Å². The first-order valence-electron chi connectivity index (χ1n) is 6.38. The molecule has 0 heterocycles. The molecule has 0 unspecified atom stereocenters. The van der Waals surface area contributed by atoms with Crippen molar-refractivity contribution in [3.8, 4) is 0 Å². The van der Waals surface area contributed by atoms with Crippen molar-refractivity contribution in [1.82, 2.24) is 10.2 Å². The lowest BCUT2D eigenvalue weighted by Gasteiger charge is -2.09. The van der Waals surface area contributed by atoms with Gasteiger partial charge in [0.2, 0.25) is 0 Å². The molecular formula is C14H25IN4. The largest absolute Gasteiger partial charge is 0.370 e. The highest BCUT2D eigenvalue weighted by Gasteiger charge is 1.96. The van der Waals surface area contributed by atoms with Crippen LogP contribution in [0.3, 0.4) is 0 Å². The summed E-state index contributed by atoms with van der Waals surface area (Å²) in [6.45, 7) is 4.56. The van der Waals surface area contributed by atoms with Gasteiger partial charge in [-0.25, -0.2) is 4.99 Å². The molecule has 0 saturated carbocycles. The summed E-state index contributed by atoms with van der Waals surface area (Å²) in [6.07, 6.45) is 1.05. The maximum atomic E-state index is 5.74. The van der Waals surface area contributed by atoms with E-state index in [2.05, 4.69) is 60.5 Å². The number of guanidine groups is 1. The lowest BCUT2D eigenvalue weighted by Crippen LogP contribution is -2.32. The predicted molar refractivity (Wildman–Crippen MR) is 92.9 cm³/mol. The number of halogens is 1. The van der Waals surface area contributed by atoms with Crippen LogP contribution in [0.4, 0.5) is 0 Å². The molecule has 0 aliphatic heterocycles. The molecule has 0 atom stereocenters. The van der Waals surface area contributed by atoms with Gasteiger partial charge in [-0.2, -0.15) is 0 Å². The van der Waals surface area contributed by atoms with Gasteiger partial charge in [-0.3, -0.25) is 0 Å². The fourth-order valence-electron chi connectivity index (χ4n) is 1.60. The van der Waals surface area contributed by atoms with E-state index >= 15 is 0 Å². The zero-order chi connectivity index (χ0) is 13.4.